The molecule has 2 N–H and O–H groups in total. The van der Waals surface area contributed by atoms with E-state index in [1.807, 2.05) is 13.8 Å². The number of benzene rings is 1. The van der Waals surface area contributed by atoms with E-state index in [1.54, 1.807) is 23.1 Å². The highest BCUT2D eigenvalue weighted by Crippen LogP contribution is 2.61. The normalized spacial score (nSPS) is 29.1. The lowest BCUT2D eigenvalue weighted by molar-refractivity contribution is -0.299. The predicted molar refractivity (Wildman–Crippen MR) is 239 cm³/mol. The van der Waals surface area contributed by atoms with Crippen molar-refractivity contribution in [2.24, 2.45) is 17.3 Å². The minimum atomic E-state index is -5.42. The number of alkyl halides is 6. The first kappa shape index (κ1) is 53.7. The van der Waals surface area contributed by atoms with E-state index >= 15 is 0 Å². The first-order chi connectivity index (χ1) is 31.8. The fraction of sp³-hybridized carbons (Fsp3) is 0.733. The van der Waals surface area contributed by atoms with Gasteiger partial charge in [-0.05, 0) is 93.4 Å². The highest BCUT2D eigenvalue weighted by Gasteiger charge is 2.75. The zero-order chi connectivity index (χ0) is 50.0. The molecule has 2 unspecified atom stereocenters. The summed E-state index contributed by atoms with van der Waals surface area (Å²) in [5, 5.41) is 6.00. The van der Waals surface area contributed by atoms with Gasteiger partial charge in [-0.25, -0.2) is 17.4 Å². The van der Waals surface area contributed by atoms with E-state index in [0.29, 0.717) is 59.2 Å². The SMILES string of the molecule is CC(C)C[C@@H]1NC(=O)[C@@H](N(C)C(=O)[C@@H](NC(=O)C2C[C@H](F)CN2C(=O)C2(C(F)(F)F)CC(F)(F)C2)C2CC2)CCCCS(=O)OCC[C@H]2CCCN2C(=O)[C@H](Cc2cc(Cl)ccc2Cl)N(C)C1=O. The Hall–Kier alpha value is -3.69. The highest BCUT2D eigenvalue weighted by molar-refractivity contribution is 7.80. The number of halogens is 8. The second-order valence-electron chi connectivity index (χ2n) is 19.4. The Labute approximate surface area is 404 Å². The lowest BCUT2D eigenvalue weighted by Gasteiger charge is -2.48. The van der Waals surface area contributed by atoms with Crippen LogP contribution in [0.5, 0.6) is 0 Å². The summed E-state index contributed by atoms with van der Waals surface area (Å²) in [6.07, 6.45) is -8.69. The maximum absolute atomic E-state index is 14.9. The smallest absolute Gasteiger partial charge is 0.342 e. The number of amides is 6. The zero-order valence-electron chi connectivity index (χ0n) is 38.4. The van der Waals surface area contributed by atoms with Gasteiger partial charge < -0.3 is 30.2 Å². The molecule has 68 heavy (non-hydrogen) atoms. The van der Waals surface area contributed by atoms with E-state index in [2.05, 4.69) is 10.6 Å². The van der Waals surface area contributed by atoms with Crippen molar-refractivity contribution in [3.05, 3.63) is 33.8 Å². The summed E-state index contributed by atoms with van der Waals surface area (Å²) in [5.41, 5.74) is -3.01. The Balaban J connectivity index is 1.26. The number of likely N-dealkylation sites (N-methyl/N-ethyl adjacent to an activating group) is 2. The van der Waals surface area contributed by atoms with Crippen LogP contribution >= 0.6 is 23.2 Å². The molecule has 1 aromatic rings. The fourth-order valence-corrected chi connectivity index (χ4v) is 11.2. The molecule has 2 saturated carbocycles. The van der Waals surface area contributed by atoms with Crippen LogP contribution in [-0.2, 0) is 50.5 Å². The summed E-state index contributed by atoms with van der Waals surface area (Å²) in [7, 11) is 2.76. The minimum Gasteiger partial charge on any atom is -0.342 e. The molecule has 5 aliphatic rings. The van der Waals surface area contributed by atoms with Crippen LogP contribution in [0.15, 0.2) is 18.2 Å². The molecule has 14 nitrogen and oxygen atoms in total. The molecule has 2 aliphatic carbocycles. The van der Waals surface area contributed by atoms with Gasteiger partial charge in [0.2, 0.25) is 35.4 Å². The maximum atomic E-state index is 14.9. The summed E-state index contributed by atoms with van der Waals surface area (Å²) in [6.45, 7) is 3.19. The van der Waals surface area contributed by atoms with Gasteiger partial charge in [-0.1, -0.05) is 37.0 Å². The first-order valence-corrected chi connectivity index (χ1v) is 25.1. The number of nitrogens with one attached hydrogen (secondary N) is 2. The van der Waals surface area contributed by atoms with Crippen LogP contribution < -0.4 is 10.6 Å². The van der Waals surface area contributed by atoms with Crippen molar-refractivity contribution in [3.8, 4) is 0 Å². The molecule has 380 valence electrons. The van der Waals surface area contributed by atoms with E-state index in [4.69, 9.17) is 27.4 Å². The molecular weight excluding hydrogens is 969 g/mol. The van der Waals surface area contributed by atoms with Gasteiger partial charge in [0.15, 0.2) is 16.5 Å². The molecule has 0 spiro atoms. The summed E-state index contributed by atoms with van der Waals surface area (Å²) < 4.78 is 104. The third-order valence-electron chi connectivity index (χ3n) is 13.9. The Morgan fingerprint density at radius 1 is 1.01 bits per heavy atom. The quantitative estimate of drug-likeness (QED) is 0.279. The largest absolute Gasteiger partial charge is 0.403 e. The number of nitrogens with zero attached hydrogens (tertiary/aromatic N) is 4. The van der Waals surface area contributed by atoms with Crippen molar-refractivity contribution < 1.29 is 63.5 Å². The van der Waals surface area contributed by atoms with Crippen LogP contribution in [0.4, 0.5) is 26.3 Å². The van der Waals surface area contributed by atoms with Crippen LogP contribution in [0.25, 0.3) is 0 Å². The van der Waals surface area contributed by atoms with Gasteiger partial charge in [0, 0.05) is 68.2 Å². The molecule has 1 aromatic carbocycles. The molecule has 3 saturated heterocycles. The van der Waals surface area contributed by atoms with E-state index < -0.39 is 126 Å². The number of carbonyl (C=O) groups excluding carboxylic acids is 6. The molecule has 0 radical (unpaired) electrons. The van der Waals surface area contributed by atoms with Crippen molar-refractivity contribution >= 4 is 69.7 Å². The van der Waals surface area contributed by atoms with Crippen molar-refractivity contribution in [1.29, 1.82) is 0 Å². The Kier molecular flexibility index (Phi) is 17.2. The number of fused-ring (bicyclic) bond motifs is 1. The summed E-state index contributed by atoms with van der Waals surface area (Å²) in [6, 6.07) is -2.37. The third kappa shape index (κ3) is 12.2. The summed E-state index contributed by atoms with van der Waals surface area (Å²) in [5.74, 6) is -9.96. The number of rotatable bonds is 10. The highest BCUT2D eigenvalue weighted by atomic mass is 35.5. The van der Waals surface area contributed by atoms with Crippen LogP contribution in [-0.4, -0.2) is 153 Å². The van der Waals surface area contributed by atoms with Crippen molar-refractivity contribution in [3.63, 3.8) is 0 Å². The summed E-state index contributed by atoms with van der Waals surface area (Å²) in [4.78, 5) is 90.1. The number of hydrogen-bond acceptors (Lipinski definition) is 8. The number of hydrogen-bond donors (Lipinski definition) is 2. The first-order valence-electron chi connectivity index (χ1n) is 23.1. The van der Waals surface area contributed by atoms with Crippen molar-refractivity contribution in [1.82, 2.24) is 30.2 Å². The van der Waals surface area contributed by atoms with Gasteiger partial charge in [-0.2, -0.15) is 13.2 Å². The van der Waals surface area contributed by atoms with Crippen LogP contribution in [0.3, 0.4) is 0 Å². The average molecular weight is 1030 g/mol. The lowest BCUT2D eigenvalue weighted by Crippen LogP contribution is -2.65. The average Bonchev–Trinajstić information content (AvgIpc) is 3.86. The number of likely N-dealkylation sites (tertiary alicyclic amines) is 1. The Bertz CT molecular complexity index is 2100. The molecule has 0 bridgehead atoms. The molecule has 6 rings (SSSR count). The van der Waals surface area contributed by atoms with Crippen molar-refractivity contribution in [2.45, 2.75) is 152 Å². The van der Waals surface area contributed by atoms with Gasteiger partial charge >= 0.3 is 6.18 Å². The minimum absolute atomic E-state index is 0.0287. The van der Waals surface area contributed by atoms with Crippen LogP contribution in [0, 0.1) is 17.3 Å². The molecule has 8 atom stereocenters. The van der Waals surface area contributed by atoms with E-state index in [0.717, 1.165) is 4.90 Å². The topological polar surface area (TPSA) is 166 Å². The number of carbonyl (C=O) groups is 6. The maximum Gasteiger partial charge on any atom is 0.403 e. The van der Waals surface area contributed by atoms with E-state index in [-0.39, 0.29) is 62.3 Å². The van der Waals surface area contributed by atoms with E-state index in [9.17, 15) is 59.3 Å². The Morgan fingerprint density at radius 2 is 1.71 bits per heavy atom. The van der Waals surface area contributed by atoms with Crippen LogP contribution in [0.1, 0.15) is 96.5 Å². The molecule has 3 aliphatic heterocycles. The fourth-order valence-electron chi connectivity index (χ4n) is 9.94. The van der Waals surface area contributed by atoms with Gasteiger partial charge in [0.05, 0.1) is 13.2 Å². The van der Waals surface area contributed by atoms with Gasteiger partial charge in [-0.15, -0.1) is 0 Å². The molecule has 3 heterocycles. The standard InChI is InChI=1S/C45H60Cl2F6N6O8S/c1-25(2)18-32-39(62)57(4)35(20-27-19-28(46)12-13-31(27)47)40(63)58-15-7-8-30(58)14-16-67-68(66)17-6-5-9-33(37(60)54-32)56(3)41(64)36(26-10-11-26)55-38(61)34-21-29(48)22-59(34)42(65)43(45(51,52)53)23-44(49,50)24-43/h12-13,19,25-26,29-30,32-36H,5-11,14-18,20-24H2,1-4H3,(H,54,60)(H,55,61)/t29-,30+,32-,33-,34?,35-,36-,68?/m0/s1. The van der Waals surface area contributed by atoms with Crippen LogP contribution in [0.2, 0.25) is 10.0 Å². The zero-order valence-corrected chi connectivity index (χ0v) is 40.8. The molecule has 23 heteroatoms. The third-order valence-corrected chi connectivity index (χ3v) is 15.5. The molecular formula is C45H60Cl2F6N6O8S. The monoisotopic (exact) mass is 1030 g/mol. The van der Waals surface area contributed by atoms with E-state index in [1.165, 1.54) is 19.0 Å². The summed E-state index contributed by atoms with van der Waals surface area (Å²) >= 11 is 11.2. The second kappa shape index (κ2) is 21.7. The van der Waals surface area contributed by atoms with Gasteiger partial charge in [0.25, 0.3) is 5.92 Å². The van der Waals surface area contributed by atoms with Crippen molar-refractivity contribution in [2.75, 3.05) is 39.5 Å². The molecule has 5 fully saturated rings. The molecule has 0 aromatic heterocycles. The van der Waals surface area contributed by atoms with Gasteiger partial charge in [0.1, 0.15) is 36.4 Å². The Morgan fingerprint density at radius 3 is 2.34 bits per heavy atom. The van der Waals surface area contributed by atoms with Gasteiger partial charge in [-0.3, -0.25) is 33.0 Å². The molecule has 6 amide bonds. The second-order valence-corrected chi connectivity index (χ2v) is 21.5. The predicted octanol–water partition coefficient (Wildman–Crippen LogP) is 5.78. The lowest BCUT2D eigenvalue weighted by atomic mass is 9.64.